The molecule has 0 saturated heterocycles. The van der Waals surface area contributed by atoms with Crippen LogP contribution >= 0.6 is 38.5 Å². The lowest BCUT2D eigenvalue weighted by atomic mass is 10.3. The highest BCUT2D eigenvalue weighted by atomic mass is 127. The van der Waals surface area contributed by atoms with Crippen molar-refractivity contribution < 1.29 is 9.90 Å². The Morgan fingerprint density at radius 1 is 1.44 bits per heavy atom. The van der Waals surface area contributed by atoms with Crippen LogP contribution in [0.3, 0.4) is 0 Å². The largest absolute Gasteiger partial charge is 0.476 e. The maximum atomic E-state index is 10.7. The van der Waals surface area contributed by atoms with Crippen LogP contribution in [0.15, 0.2) is 34.9 Å². The molecule has 2 rings (SSSR count). The Bertz CT molecular complexity index is 554. The summed E-state index contributed by atoms with van der Waals surface area (Å²) in [6, 6.07) is 7.22. The minimum Gasteiger partial charge on any atom is -0.476 e. The summed E-state index contributed by atoms with van der Waals surface area (Å²) in [5, 5.41) is 12.8. The second kappa shape index (κ2) is 4.54. The topological polar surface area (TPSA) is 55.1 Å². The lowest BCUT2D eigenvalue weighted by molar-refractivity contribution is 0.0690. The molecule has 16 heavy (non-hydrogen) atoms. The van der Waals surface area contributed by atoms with E-state index < -0.39 is 5.97 Å². The van der Waals surface area contributed by atoms with Gasteiger partial charge in [-0.3, -0.25) is 0 Å². The summed E-state index contributed by atoms with van der Waals surface area (Å²) in [4.78, 5) is 10.7. The third kappa shape index (κ3) is 2.27. The zero-order chi connectivity index (χ0) is 11.7. The molecule has 0 spiro atoms. The molecule has 1 aromatic heterocycles. The highest BCUT2D eigenvalue weighted by molar-refractivity contribution is 14.1. The van der Waals surface area contributed by atoms with Crippen LogP contribution in [0.25, 0.3) is 5.69 Å². The third-order valence-electron chi connectivity index (χ3n) is 1.96. The van der Waals surface area contributed by atoms with Crippen molar-refractivity contribution in [3.05, 3.63) is 44.2 Å². The van der Waals surface area contributed by atoms with Crippen molar-refractivity contribution in [2.24, 2.45) is 0 Å². The lowest BCUT2D eigenvalue weighted by Crippen LogP contribution is -2.02. The Balaban J connectivity index is 2.50. The molecule has 0 radical (unpaired) electrons. The van der Waals surface area contributed by atoms with E-state index in [0.29, 0.717) is 0 Å². The molecule has 6 heteroatoms. The molecule has 1 aromatic carbocycles. The molecule has 1 heterocycles. The highest BCUT2D eigenvalue weighted by Crippen LogP contribution is 2.21. The first-order valence-electron chi connectivity index (χ1n) is 4.32. The number of carboxylic acid groups (broad SMARTS) is 1. The standard InChI is InChI=1S/C10H6BrIN2O2/c11-6-1-2-7(12)9(5-6)14-4-3-8(13-14)10(15)16/h1-5H,(H,15,16). The van der Waals surface area contributed by atoms with Gasteiger partial charge in [-0.2, -0.15) is 5.10 Å². The molecule has 0 amide bonds. The fraction of sp³-hybridized carbons (Fsp3) is 0. The van der Waals surface area contributed by atoms with Gasteiger partial charge in [-0.05, 0) is 46.9 Å². The van der Waals surface area contributed by atoms with Crippen LogP contribution in [-0.2, 0) is 0 Å². The fourth-order valence-electron chi connectivity index (χ4n) is 1.23. The first kappa shape index (κ1) is 11.6. The molecule has 0 saturated carbocycles. The minimum atomic E-state index is -1.02. The van der Waals surface area contributed by atoms with Gasteiger partial charge in [0.25, 0.3) is 0 Å². The Hall–Kier alpha value is -0.890. The Labute approximate surface area is 114 Å². The van der Waals surface area contributed by atoms with E-state index in [1.54, 1.807) is 10.9 Å². The number of rotatable bonds is 2. The number of hydrogen-bond acceptors (Lipinski definition) is 2. The van der Waals surface area contributed by atoms with E-state index in [0.717, 1.165) is 13.7 Å². The number of nitrogens with zero attached hydrogens (tertiary/aromatic N) is 2. The van der Waals surface area contributed by atoms with Crippen molar-refractivity contribution >= 4 is 44.5 Å². The summed E-state index contributed by atoms with van der Waals surface area (Å²) in [7, 11) is 0. The van der Waals surface area contributed by atoms with Gasteiger partial charge in [-0.25, -0.2) is 9.48 Å². The predicted octanol–water partition coefficient (Wildman–Crippen LogP) is 2.94. The van der Waals surface area contributed by atoms with Gasteiger partial charge in [0.15, 0.2) is 5.69 Å². The van der Waals surface area contributed by atoms with Crippen LogP contribution < -0.4 is 0 Å². The second-order valence-electron chi connectivity index (χ2n) is 3.05. The summed E-state index contributed by atoms with van der Waals surface area (Å²) in [6.07, 6.45) is 1.63. The van der Waals surface area contributed by atoms with Crippen molar-refractivity contribution in [1.82, 2.24) is 9.78 Å². The highest BCUT2D eigenvalue weighted by Gasteiger charge is 2.09. The van der Waals surface area contributed by atoms with Gasteiger partial charge in [0.1, 0.15) is 0 Å². The van der Waals surface area contributed by atoms with Crippen molar-refractivity contribution in [3.8, 4) is 5.69 Å². The molecule has 0 aliphatic rings. The molecule has 0 unspecified atom stereocenters. The van der Waals surface area contributed by atoms with Gasteiger partial charge in [0.05, 0.1) is 5.69 Å². The van der Waals surface area contributed by atoms with E-state index in [9.17, 15) is 4.79 Å². The summed E-state index contributed by atoms with van der Waals surface area (Å²) >= 11 is 5.55. The van der Waals surface area contributed by atoms with E-state index in [2.05, 4.69) is 43.6 Å². The van der Waals surface area contributed by atoms with Crippen LogP contribution in [0.1, 0.15) is 10.5 Å². The van der Waals surface area contributed by atoms with Crippen LogP contribution in [0.4, 0.5) is 0 Å². The zero-order valence-electron chi connectivity index (χ0n) is 7.89. The van der Waals surface area contributed by atoms with Gasteiger partial charge in [0, 0.05) is 14.2 Å². The van der Waals surface area contributed by atoms with Gasteiger partial charge < -0.3 is 5.11 Å². The van der Waals surface area contributed by atoms with Crippen molar-refractivity contribution in [1.29, 1.82) is 0 Å². The van der Waals surface area contributed by atoms with E-state index in [1.807, 2.05) is 18.2 Å². The minimum absolute atomic E-state index is 0.0378. The summed E-state index contributed by atoms with van der Waals surface area (Å²) in [6.45, 7) is 0. The predicted molar refractivity (Wildman–Crippen MR) is 70.9 cm³/mol. The quantitative estimate of drug-likeness (QED) is 0.799. The molecular weight excluding hydrogens is 387 g/mol. The van der Waals surface area contributed by atoms with Crippen LogP contribution in [0, 0.1) is 3.57 Å². The van der Waals surface area contributed by atoms with Crippen molar-refractivity contribution in [3.63, 3.8) is 0 Å². The summed E-state index contributed by atoms with van der Waals surface area (Å²) < 4.78 is 3.48. The molecule has 1 N–H and O–H groups in total. The monoisotopic (exact) mass is 392 g/mol. The smallest absolute Gasteiger partial charge is 0.356 e. The lowest BCUT2D eigenvalue weighted by Gasteiger charge is -2.04. The number of hydrogen-bond donors (Lipinski definition) is 1. The Morgan fingerprint density at radius 3 is 2.81 bits per heavy atom. The SMILES string of the molecule is O=C(O)c1ccn(-c2cc(Br)ccc2I)n1. The van der Waals surface area contributed by atoms with Crippen molar-refractivity contribution in [2.75, 3.05) is 0 Å². The molecule has 0 aliphatic carbocycles. The van der Waals surface area contributed by atoms with E-state index in [-0.39, 0.29) is 5.69 Å². The van der Waals surface area contributed by atoms with Gasteiger partial charge in [-0.15, -0.1) is 0 Å². The first-order valence-corrected chi connectivity index (χ1v) is 6.19. The normalized spacial score (nSPS) is 10.4. The number of aromatic nitrogens is 2. The maximum absolute atomic E-state index is 10.7. The van der Waals surface area contributed by atoms with Crippen LogP contribution in [-0.4, -0.2) is 20.9 Å². The van der Waals surface area contributed by atoms with Crippen LogP contribution in [0.2, 0.25) is 0 Å². The average Bonchev–Trinajstić information content (AvgIpc) is 2.70. The number of halogens is 2. The maximum Gasteiger partial charge on any atom is 0.356 e. The molecule has 0 aliphatic heterocycles. The fourth-order valence-corrected chi connectivity index (χ4v) is 2.17. The van der Waals surface area contributed by atoms with Gasteiger partial charge >= 0.3 is 5.97 Å². The summed E-state index contributed by atoms with van der Waals surface area (Å²) in [5.41, 5.74) is 0.887. The molecule has 82 valence electrons. The van der Waals surface area contributed by atoms with Gasteiger partial charge in [-0.1, -0.05) is 15.9 Å². The van der Waals surface area contributed by atoms with Crippen LogP contribution in [0.5, 0.6) is 0 Å². The van der Waals surface area contributed by atoms with Gasteiger partial charge in [0.2, 0.25) is 0 Å². The van der Waals surface area contributed by atoms with Crippen molar-refractivity contribution in [2.45, 2.75) is 0 Å². The van der Waals surface area contributed by atoms with E-state index >= 15 is 0 Å². The molecule has 2 aromatic rings. The Morgan fingerprint density at radius 2 is 2.19 bits per heavy atom. The number of benzene rings is 1. The molecule has 0 bridgehead atoms. The first-order chi connectivity index (χ1) is 7.58. The zero-order valence-corrected chi connectivity index (χ0v) is 11.6. The third-order valence-corrected chi connectivity index (χ3v) is 3.37. The Kier molecular flexibility index (Phi) is 3.29. The van der Waals surface area contributed by atoms with E-state index in [4.69, 9.17) is 5.11 Å². The molecule has 0 fully saturated rings. The number of carboxylic acids is 1. The molecule has 0 atom stereocenters. The number of aromatic carboxylic acids is 1. The molecule has 4 nitrogen and oxygen atoms in total. The average molecular weight is 393 g/mol. The number of carbonyl (C=O) groups is 1. The second-order valence-corrected chi connectivity index (χ2v) is 5.12. The van der Waals surface area contributed by atoms with E-state index in [1.165, 1.54) is 6.07 Å². The molecular formula is C10H6BrIN2O2. The summed E-state index contributed by atoms with van der Waals surface area (Å²) in [5.74, 6) is -1.02.